The molecule has 0 saturated carbocycles. The minimum atomic E-state index is -0.186. The first kappa shape index (κ1) is 17.1. The van der Waals surface area contributed by atoms with E-state index in [1.165, 1.54) is 5.56 Å². The van der Waals surface area contributed by atoms with Crippen LogP contribution in [-0.4, -0.2) is 27.6 Å². The van der Waals surface area contributed by atoms with Crippen molar-refractivity contribution in [3.05, 3.63) is 59.2 Å². The zero-order chi connectivity index (χ0) is 17.8. The van der Waals surface area contributed by atoms with Gasteiger partial charge in [0.15, 0.2) is 0 Å². The highest BCUT2D eigenvalue weighted by atomic mass is 16.5. The third-order valence-corrected chi connectivity index (χ3v) is 4.47. The number of carbonyl (C=O) groups excluding carboxylic acids is 1. The lowest BCUT2D eigenvalue weighted by Gasteiger charge is -2.18. The summed E-state index contributed by atoms with van der Waals surface area (Å²) in [5.74, 6) is -0.245. The molecule has 0 aliphatic carbocycles. The Morgan fingerprint density at radius 2 is 1.96 bits per heavy atom. The third kappa shape index (κ3) is 3.71. The fraction of sp³-hybridized carbons (Fsp3) is 0.350. The van der Waals surface area contributed by atoms with Crippen molar-refractivity contribution in [2.24, 2.45) is 7.05 Å². The van der Waals surface area contributed by atoms with Crippen LogP contribution in [0.4, 0.5) is 0 Å². The Balaban J connectivity index is 2.03. The molecule has 5 heteroatoms. The highest BCUT2D eigenvalue weighted by Crippen LogP contribution is 2.31. The van der Waals surface area contributed by atoms with E-state index in [1.54, 1.807) is 4.68 Å². The molecule has 1 atom stereocenters. The average molecular weight is 337 g/mol. The van der Waals surface area contributed by atoms with E-state index in [1.807, 2.05) is 38.2 Å². The van der Waals surface area contributed by atoms with Crippen LogP contribution in [-0.2, 0) is 23.0 Å². The summed E-state index contributed by atoms with van der Waals surface area (Å²) in [7, 11) is 1.87. The first-order valence-electron chi connectivity index (χ1n) is 8.66. The standard InChI is InChI=1S/C20H23N3O2/c1-4-14-7-6-8-15(11-14)17(13-20(24)25-5-2)16-9-10-19-18(12-16)21-22-23(19)3/h6-12,17H,4-5,13H2,1-3H3. The average Bonchev–Trinajstić information content (AvgIpc) is 3.00. The summed E-state index contributed by atoms with van der Waals surface area (Å²) in [5, 5.41) is 8.26. The van der Waals surface area contributed by atoms with E-state index in [2.05, 4.69) is 35.4 Å². The fourth-order valence-electron chi connectivity index (χ4n) is 3.12. The molecule has 0 radical (unpaired) electrons. The predicted octanol–water partition coefficient (Wildman–Crippen LogP) is 3.62. The quantitative estimate of drug-likeness (QED) is 0.645. The fourth-order valence-corrected chi connectivity index (χ4v) is 3.12. The number of aryl methyl sites for hydroxylation is 2. The van der Waals surface area contributed by atoms with Crippen LogP contribution in [0.1, 0.15) is 42.9 Å². The number of aromatic nitrogens is 3. The van der Waals surface area contributed by atoms with Gasteiger partial charge in [0.1, 0.15) is 5.52 Å². The summed E-state index contributed by atoms with van der Waals surface area (Å²) < 4.78 is 6.94. The smallest absolute Gasteiger partial charge is 0.306 e. The van der Waals surface area contributed by atoms with Crippen LogP contribution in [0, 0.1) is 0 Å². The Kier molecular flexibility index (Phi) is 5.12. The van der Waals surface area contributed by atoms with Gasteiger partial charge in [0.25, 0.3) is 0 Å². The highest BCUT2D eigenvalue weighted by Gasteiger charge is 2.20. The molecule has 25 heavy (non-hydrogen) atoms. The van der Waals surface area contributed by atoms with Gasteiger partial charge in [0.05, 0.1) is 18.5 Å². The number of hydrogen-bond donors (Lipinski definition) is 0. The van der Waals surface area contributed by atoms with Gasteiger partial charge in [-0.15, -0.1) is 5.10 Å². The van der Waals surface area contributed by atoms with Gasteiger partial charge >= 0.3 is 5.97 Å². The van der Waals surface area contributed by atoms with E-state index in [9.17, 15) is 4.79 Å². The van der Waals surface area contributed by atoms with E-state index in [4.69, 9.17) is 4.74 Å². The number of esters is 1. The van der Waals surface area contributed by atoms with Crippen molar-refractivity contribution < 1.29 is 9.53 Å². The molecule has 1 aromatic heterocycles. The first-order chi connectivity index (χ1) is 12.1. The molecule has 3 aromatic rings. The van der Waals surface area contributed by atoms with Crippen molar-refractivity contribution in [2.45, 2.75) is 32.6 Å². The van der Waals surface area contributed by atoms with Crippen molar-refractivity contribution in [1.29, 1.82) is 0 Å². The van der Waals surface area contributed by atoms with Crippen molar-refractivity contribution in [3.8, 4) is 0 Å². The van der Waals surface area contributed by atoms with E-state index in [0.29, 0.717) is 13.0 Å². The van der Waals surface area contributed by atoms with Gasteiger partial charge in [-0.05, 0) is 42.2 Å². The van der Waals surface area contributed by atoms with Crippen LogP contribution in [0.2, 0.25) is 0 Å². The van der Waals surface area contributed by atoms with Gasteiger partial charge in [0, 0.05) is 13.0 Å². The predicted molar refractivity (Wildman–Crippen MR) is 97.4 cm³/mol. The van der Waals surface area contributed by atoms with Crippen LogP contribution in [0.3, 0.4) is 0 Å². The number of benzene rings is 2. The molecule has 0 aliphatic rings. The van der Waals surface area contributed by atoms with E-state index in [0.717, 1.165) is 28.6 Å². The van der Waals surface area contributed by atoms with Gasteiger partial charge in [0.2, 0.25) is 0 Å². The number of carbonyl (C=O) groups is 1. The molecule has 2 aromatic carbocycles. The van der Waals surface area contributed by atoms with Gasteiger partial charge in [-0.25, -0.2) is 4.68 Å². The number of ether oxygens (including phenoxy) is 1. The molecule has 0 spiro atoms. The summed E-state index contributed by atoms with van der Waals surface area (Å²) in [6.07, 6.45) is 1.27. The topological polar surface area (TPSA) is 57.0 Å². The van der Waals surface area contributed by atoms with Crippen LogP contribution in [0.25, 0.3) is 11.0 Å². The Bertz CT molecular complexity index is 886. The molecule has 0 fully saturated rings. The molecular formula is C20H23N3O2. The summed E-state index contributed by atoms with van der Waals surface area (Å²) in [5.41, 5.74) is 5.23. The maximum absolute atomic E-state index is 12.2. The Morgan fingerprint density at radius 3 is 2.72 bits per heavy atom. The monoisotopic (exact) mass is 337 g/mol. The Morgan fingerprint density at radius 1 is 1.16 bits per heavy atom. The number of nitrogens with zero attached hydrogens (tertiary/aromatic N) is 3. The van der Waals surface area contributed by atoms with Gasteiger partial charge in [-0.1, -0.05) is 42.5 Å². The molecule has 0 bridgehead atoms. The van der Waals surface area contributed by atoms with Crippen LogP contribution < -0.4 is 0 Å². The number of hydrogen-bond acceptors (Lipinski definition) is 4. The molecule has 0 aliphatic heterocycles. The van der Waals surface area contributed by atoms with Crippen molar-refractivity contribution in [2.75, 3.05) is 6.61 Å². The molecular weight excluding hydrogens is 314 g/mol. The molecule has 130 valence electrons. The summed E-state index contributed by atoms with van der Waals surface area (Å²) in [6, 6.07) is 14.5. The Labute approximate surface area is 147 Å². The van der Waals surface area contributed by atoms with Crippen molar-refractivity contribution in [3.63, 3.8) is 0 Å². The normalized spacial score (nSPS) is 12.3. The summed E-state index contributed by atoms with van der Waals surface area (Å²) in [6.45, 7) is 4.35. The SMILES string of the molecule is CCOC(=O)CC(c1cccc(CC)c1)c1ccc2c(c1)nnn2C. The minimum Gasteiger partial charge on any atom is -0.466 e. The largest absolute Gasteiger partial charge is 0.466 e. The summed E-state index contributed by atoms with van der Waals surface area (Å²) in [4.78, 5) is 12.2. The third-order valence-electron chi connectivity index (χ3n) is 4.47. The lowest BCUT2D eigenvalue weighted by Crippen LogP contribution is -2.12. The molecule has 1 unspecified atom stereocenters. The van der Waals surface area contributed by atoms with Crippen LogP contribution >= 0.6 is 0 Å². The molecule has 0 saturated heterocycles. The van der Waals surface area contributed by atoms with Crippen LogP contribution in [0.5, 0.6) is 0 Å². The number of fused-ring (bicyclic) bond motifs is 1. The minimum absolute atomic E-state index is 0.0584. The van der Waals surface area contributed by atoms with Crippen molar-refractivity contribution >= 4 is 17.0 Å². The van der Waals surface area contributed by atoms with E-state index >= 15 is 0 Å². The van der Waals surface area contributed by atoms with Gasteiger partial charge in [-0.3, -0.25) is 4.79 Å². The maximum atomic E-state index is 12.2. The molecule has 3 rings (SSSR count). The molecule has 5 nitrogen and oxygen atoms in total. The lowest BCUT2D eigenvalue weighted by molar-refractivity contribution is -0.143. The second kappa shape index (κ2) is 7.47. The van der Waals surface area contributed by atoms with Gasteiger partial charge < -0.3 is 4.74 Å². The highest BCUT2D eigenvalue weighted by molar-refractivity contribution is 5.76. The lowest BCUT2D eigenvalue weighted by atomic mass is 9.87. The van der Waals surface area contributed by atoms with Gasteiger partial charge in [-0.2, -0.15) is 0 Å². The number of rotatable bonds is 6. The van der Waals surface area contributed by atoms with E-state index in [-0.39, 0.29) is 11.9 Å². The second-order valence-corrected chi connectivity index (χ2v) is 6.12. The molecule has 1 heterocycles. The van der Waals surface area contributed by atoms with Crippen molar-refractivity contribution in [1.82, 2.24) is 15.0 Å². The second-order valence-electron chi connectivity index (χ2n) is 6.12. The van der Waals surface area contributed by atoms with Crippen LogP contribution in [0.15, 0.2) is 42.5 Å². The molecule has 0 N–H and O–H groups in total. The maximum Gasteiger partial charge on any atom is 0.306 e. The molecule has 0 amide bonds. The summed E-state index contributed by atoms with van der Waals surface area (Å²) >= 11 is 0. The Hall–Kier alpha value is -2.69. The van der Waals surface area contributed by atoms with E-state index < -0.39 is 0 Å². The zero-order valence-electron chi connectivity index (χ0n) is 14.9. The zero-order valence-corrected chi connectivity index (χ0v) is 14.9. The first-order valence-corrected chi connectivity index (χ1v) is 8.66.